The van der Waals surface area contributed by atoms with Crippen LogP contribution >= 0.6 is 0 Å². The van der Waals surface area contributed by atoms with Crippen LogP contribution in [-0.2, 0) is 6.54 Å². The van der Waals surface area contributed by atoms with Crippen LogP contribution < -0.4 is 0 Å². The van der Waals surface area contributed by atoms with Gasteiger partial charge in [0.25, 0.3) is 0 Å². The normalized spacial score (nSPS) is 17.9. The largest absolute Gasteiger partial charge is 0.392 e. The summed E-state index contributed by atoms with van der Waals surface area (Å²) >= 11 is 0. The molecule has 2 aromatic carbocycles. The molecule has 0 fully saturated rings. The average molecular weight is 465 g/mol. The zero-order chi connectivity index (χ0) is 24.0. The number of rotatable bonds is 4. The van der Waals surface area contributed by atoms with E-state index in [4.69, 9.17) is 0 Å². The Morgan fingerprint density at radius 2 is 1.82 bits per heavy atom. The minimum atomic E-state index is -1.54. The summed E-state index contributed by atoms with van der Waals surface area (Å²) in [5.74, 6) is -4.17. The molecule has 0 spiro atoms. The van der Waals surface area contributed by atoms with Crippen LogP contribution in [-0.4, -0.2) is 35.5 Å². The first-order valence-corrected chi connectivity index (χ1v) is 10.9. The highest BCUT2D eigenvalue weighted by Crippen LogP contribution is 2.34. The molecular formula is C25H22F3N5O. The molecule has 3 heterocycles. The number of halogens is 3. The molecule has 6 nitrogen and oxygen atoms in total. The van der Waals surface area contributed by atoms with Crippen molar-refractivity contribution in [1.29, 1.82) is 0 Å². The molecule has 174 valence electrons. The molecule has 1 aliphatic rings. The van der Waals surface area contributed by atoms with E-state index in [2.05, 4.69) is 15.1 Å². The van der Waals surface area contributed by atoms with Crippen molar-refractivity contribution in [1.82, 2.24) is 24.3 Å². The van der Waals surface area contributed by atoms with E-state index in [-0.39, 0.29) is 5.56 Å². The van der Waals surface area contributed by atoms with E-state index in [0.29, 0.717) is 24.6 Å². The second kappa shape index (κ2) is 8.57. The van der Waals surface area contributed by atoms with Gasteiger partial charge in [-0.3, -0.25) is 0 Å². The first-order chi connectivity index (χ1) is 16.3. The maximum atomic E-state index is 13.8. The summed E-state index contributed by atoms with van der Waals surface area (Å²) in [6.07, 6.45) is 6.77. The molecule has 0 bridgehead atoms. The maximum absolute atomic E-state index is 13.8. The third-order valence-corrected chi connectivity index (χ3v) is 6.02. The van der Waals surface area contributed by atoms with Gasteiger partial charge in [-0.1, -0.05) is 12.1 Å². The monoisotopic (exact) mass is 465 g/mol. The van der Waals surface area contributed by atoms with Gasteiger partial charge in [0.2, 0.25) is 0 Å². The number of aliphatic hydroxyl groups excluding tert-OH is 1. The molecule has 0 aliphatic carbocycles. The van der Waals surface area contributed by atoms with Crippen molar-refractivity contribution in [2.75, 3.05) is 0 Å². The van der Waals surface area contributed by atoms with Gasteiger partial charge >= 0.3 is 0 Å². The lowest BCUT2D eigenvalue weighted by Crippen LogP contribution is -2.30. The van der Waals surface area contributed by atoms with Crippen molar-refractivity contribution < 1.29 is 18.3 Å². The number of benzene rings is 2. The second-order valence-electron chi connectivity index (χ2n) is 8.49. The van der Waals surface area contributed by atoms with Crippen molar-refractivity contribution in [2.45, 2.75) is 38.8 Å². The summed E-state index contributed by atoms with van der Waals surface area (Å²) in [6.45, 7) is 4.37. The molecule has 0 saturated heterocycles. The number of aromatic nitrogens is 5. The van der Waals surface area contributed by atoms with Crippen molar-refractivity contribution in [3.05, 3.63) is 94.3 Å². The number of fused-ring (bicyclic) bond motifs is 1. The van der Waals surface area contributed by atoms with Gasteiger partial charge in [-0.05, 0) is 67.3 Å². The summed E-state index contributed by atoms with van der Waals surface area (Å²) < 4.78 is 44.7. The first kappa shape index (κ1) is 22.1. The average Bonchev–Trinajstić information content (AvgIpc) is 3.41. The Bertz CT molecular complexity index is 1380. The minimum absolute atomic E-state index is 0.119. The minimum Gasteiger partial charge on any atom is -0.392 e. The number of imidazole rings is 1. The van der Waals surface area contributed by atoms with Gasteiger partial charge in [-0.15, -0.1) is 0 Å². The smallest absolute Gasteiger partial charge is 0.194 e. The lowest BCUT2D eigenvalue weighted by molar-refractivity contribution is 0.118. The van der Waals surface area contributed by atoms with E-state index in [1.54, 1.807) is 17.1 Å². The van der Waals surface area contributed by atoms with Gasteiger partial charge in [-0.2, -0.15) is 5.10 Å². The summed E-state index contributed by atoms with van der Waals surface area (Å²) in [5.41, 5.74) is 4.11. The fourth-order valence-electron chi connectivity index (χ4n) is 4.35. The molecule has 0 amide bonds. The highest BCUT2D eigenvalue weighted by atomic mass is 19.2. The molecule has 0 saturated carbocycles. The second-order valence-corrected chi connectivity index (χ2v) is 8.49. The zero-order valence-corrected chi connectivity index (χ0v) is 18.6. The van der Waals surface area contributed by atoms with Crippen LogP contribution in [0.1, 0.15) is 46.4 Å². The third-order valence-electron chi connectivity index (χ3n) is 6.02. The SMILES string of the molecule is Cc1cn(-c2ccc(/C=C/c3nc4n(n3)CC[C@H](O)[C@H]4c3cc(F)c(F)c(F)c3)cc2C)cn1. The highest BCUT2D eigenvalue weighted by Gasteiger charge is 2.33. The van der Waals surface area contributed by atoms with Crippen molar-refractivity contribution in [3.8, 4) is 5.69 Å². The van der Waals surface area contributed by atoms with E-state index in [0.717, 1.165) is 34.6 Å². The Hall–Kier alpha value is -3.72. The van der Waals surface area contributed by atoms with E-state index >= 15 is 0 Å². The Labute approximate surface area is 194 Å². The zero-order valence-electron chi connectivity index (χ0n) is 18.6. The molecule has 4 aromatic rings. The van der Waals surface area contributed by atoms with Gasteiger partial charge in [0.15, 0.2) is 23.3 Å². The number of hydrogen-bond donors (Lipinski definition) is 1. The molecule has 9 heteroatoms. The Balaban J connectivity index is 1.43. The number of aryl methyl sites for hydroxylation is 3. The summed E-state index contributed by atoms with van der Waals surface area (Å²) in [5, 5.41) is 15.0. The van der Waals surface area contributed by atoms with Gasteiger partial charge in [0.1, 0.15) is 5.82 Å². The Morgan fingerprint density at radius 3 is 2.50 bits per heavy atom. The van der Waals surface area contributed by atoms with Crippen LogP contribution in [0.2, 0.25) is 0 Å². The fraction of sp³-hybridized carbons (Fsp3) is 0.240. The standard InChI is InChI=1S/C25H22F3N5O/c1-14-9-16(3-5-20(14)32-12-15(2)29-13-32)4-6-22-30-25-23(21(34)7-8-33(25)31-22)17-10-18(26)24(28)19(27)11-17/h3-6,9-13,21,23,34H,7-8H2,1-2H3/b6-4+/t21-,23+/m0/s1. The van der Waals surface area contributed by atoms with E-state index in [1.165, 1.54) is 0 Å². The Kier molecular flexibility index (Phi) is 5.57. The number of hydrogen-bond acceptors (Lipinski definition) is 4. The van der Waals surface area contributed by atoms with Crippen LogP contribution in [0.5, 0.6) is 0 Å². The van der Waals surface area contributed by atoms with Crippen LogP contribution in [0.4, 0.5) is 13.2 Å². The predicted octanol–water partition coefficient (Wildman–Crippen LogP) is 4.56. The van der Waals surface area contributed by atoms with Crippen LogP contribution in [0.15, 0.2) is 42.9 Å². The topological polar surface area (TPSA) is 68.8 Å². The van der Waals surface area contributed by atoms with E-state index in [1.807, 2.05) is 48.9 Å². The van der Waals surface area contributed by atoms with Crippen molar-refractivity contribution in [3.63, 3.8) is 0 Å². The summed E-state index contributed by atoms with van der Waals surface area (Å²) in [6, 6.07) is 7.82. The lowest BCUT2D eigenvalue weighted by Gasteiger charge is -2.27. The van der Waals surface area contributed by atoms with Crippen LogP contribution in [0.25, 0.3) is 17.8 Å². The lowest BCUT2D eigenvalue weighted by atomic mass is 9.88. The molecule has 0 unspecified atom stereocenters. The summed E-state index contributed by atoms with van der Waals surface area (Å²) in [7, 11) is 0. The fourth-order valence-corrected chi connectivity index (χ4v) is 4.35. The van der Waals surface area contributed by atoms with Crippen LogP contribution in [0.3, 0.4) is 0 Å². The molecule has 34 heavy (non-hydrogen) atoms. The van der Waals surface area contributed by atoms with Gasteiger partial charge in [0, 0.05) is 18.4 Å². The molecule has 5 rings (SSSR count). The Morgan fingerprint density at radius 1 is 1.06 bits per heavy atom. The van der Waals surface area contributed by atoms with Crippen molar-refractivity contribution in [2.24, 2.45) is 0 Å². The number of nitrogens with zero attached hydrogens (tertiary/aromatic N) is 5. The quantitative estimate of drug-likeness (QED) is 0.449. The molecule has 2 atom stereocenters. The maximum Gasteiger partial charge on any atom is 0.194 e. The molecule has 2 aromatic heterocycles. The van der Waals surface area contributed by atoms with Crippen LogP contribution in [0, 0.1) is 31.3 Å². The van der Waals surface area contributed by atoms with Gasteiger partial charge < -0.3 is 9.67 Å². The molecule has 1 aliphatic heterocycles. The van der Waals surface area contributed by atoms with Gasteiger partial charge in [0.05, 0.1) is 24.0 Å². The molecule has 1 N–H and O–H groups in total. The molecular weight excluding hydrogens is 443 g/mol. The van der Waals surface area contributed by atoms with Crippen molar-refractivity contribution >= 4 is 12.2 Å². The predicted molar refractivity (Wildman–Crippen MR) is 121 cm³/mol. The number of aliphatic hydroxyl groups is 1. The van der Waals surface area contributed by atoms with E-state index < -0.39 is 29.5 Å². The highest BCUT2D eigenvalue weighted by molar-refractivity contribution is 5.68. The summed E-state index contributed by atoms with van der Waals surface area (Å²) in [4.78, 5) is 8.76. The van der Waals surface area contributed by atoms with E-state index in [9.17, 15) is 18.3 Å². The first-order valence-electron chi connectivity index (χ1n) is 10.9. The molecule has 0 radical (unpaired) electrons. The van der Waals surface area contributed by atoms with Gasteiger partial charge in [-0.25, -0.2) is 27.8 Å². The third kappa shape index (κ3) is 4.03.